The predicted octanol–water partition coefficient (Wildman–Crippen LogP) is 0.547. The van der Waals surface area contributed by atoms with Gasteiger partial charge in [0.25, 0.3) is 0 Å². The van der Waals surface area contributed by atoms with E-state index < -0.39 is 0 Å². The number of nitrogens with zero attached hydrogens (tertiary/aromatic N) is 1. The minimum Gasteiger partial charge on any atom is -0.383 e. The predicted molar refractivity (Wildman–Crippen MR) is 89.0 cm³/mol. The van der Waals surface area contributed by atoms with Crippen molar-refractivity contribution in [1.82, 2.24) is 16.0 Å². The lowest BCUT2D eigenvalue weighted by molar-refractivity contribution is -0.120. The van der Waals surface area contributed by atoms with Crippen molar-refractivity contribution < 1.29 is 9.53 Å². The Balaban J connectivity index is 2.13. The van der Waals surface area contributed by atoms with Crippen molar-refractivity contribution in [3.05, 3.63) is 35.9 Å². The number of hydrogen-bond donors (Lipinski definition) is 3. The zero-order chi connectivity index (χ0) is 16.0. The van der Waals surface area contributed by atoms with Crippen LogP contribution >= 0.6 is 0 Å². The van der Waals surface area contributed by atoms with Gasteiger partial charge in [-0.25, -0.2) is 0 Å². The van der Waals surface area contributed by atoms with Gasteiger partial charge in [0, 0.05) is 27.2 Å². The molecule has 6 nitrogen and oxygen atoms in total. The number of ether oxygens (including phenoxy) is 1. The van der Waals surface area contributed by atoms with Crippen molar-refractivity contribution >= 4 is 11.9 Å². The molecule has 0 atom stereocenters. The molecule has 0 aromatic heterocycles. The standard InChI is InChI=1S/C16H26N4O2/c1-17-16(20-13-15(21)18-11-12-22-2)19-10-6-9-14-7-4-3-5-8-14/h3-5,7-8H,6,9-13H2,1-2H3,(H,18,21)(H2,17,19,20). The van der Waals surface area contributed by atoms with Crippen molar-refractivity contribution in [2.24, 2.45) is 4.99 Å². The first-order valence-electron chi connectivity index (χ1n) is 7.50. The molecule has 0 unspecified atom stereocenters. The average Bonchev–Trinajstić information content (AvgIpc) is 2.55. The number of guanidine groups is 1. The minimum atomic E-state index is -0.0794. The molecule has 1 aromatic carbocycles. The molecule has 0 spiro atoms. The van der Waals surface area contributed by atoms with Crippen LogP contribution in [0, 0.1) is 0 Å². The van der Waals surface area contributed by atoms with E-state index in [1.165, 1.54) is 5.56 Å². The van der Waals surface area contributed by atoms with E-state index in [0.717, 1.165) is 19.4 Å². The molecule has 6 heteroatoms. The zero-order valence-corrected chi connectivity index (χ0v) is 13.4. The Morgan fingerprint density at radius 2 is 1.91 bits per heavy atom. The van der Waals surface area contributed by atoms with E-state index in [-0.39, 0.29) is 12.5 Å². The number of carbonyl (C=O) groups is 1. The molecule has 0 aliphatic heterocycles. The van der Waals surface area contributed by atoms with Gasteiger partial charge in [-0.1, -0.05) is 30.3 Å². The van der Waals surface area contributed by atoms with Crippen LogP contribution in [0.25, 0.3) is 0 Å². The van der Waals surface area contributed by atoms with E-state index in [2.05, 4.69) is 33.1 Å². The van der Waals surface area contributed by atoms with Crippen LogP contribution in [0.4, 0.5) is 0 Å². The third-order valence-corrected chi connectivity index (χ3v) is 3.05. The first-order valence-corrected chi connectivity index (χ1v) is 7.50. The van der Waals surface area contributed by atoms with Crippen LogP contribution in [0.1, 0.15) is 12.0 Å². The van der Waals surface area contributed by atoms with Gasteiger partial charge >= 0.3 is 0 Å². The SMILES string of the molecule is CN=C(NCCCc1ccccc1)NCC(=O)NCCOC. The van der Waals surface area contributed by atoms with E-state index in [0.29, 0.717) is 19.1 Å². The molecule has 0 aliphatic carbocycles. The van der Waals surface area contributed by atoms with Gasteiger partial charge in [0.2, 0.25) is 5.91 Å². The second-order valence-electron chi connectivity index (χ2n) is 4.78. The quantitative estimate of drug-likeness (QED) is 0.354. The molecule has 0 saturated heterocycles. The van der Waals surface area contributed by atoms with Crippen molar-refractivity contribution in [3.8, 4) is 0 Å². The van der Waals surface area contributed by atoms with E-state index in [1.807, 2.05) is 18.2 Å². The monoisotopic (exact) mass is 306 g/mol. The highest BCUT2D eigenvalue weighted by Gasteiger charge is 2.02. The number of aryl methyl sites for hydroxylation is 1. The maximum absolute atomic E-state index is 11.5. The number of methoxy groups -OCH3 is 1. The lowest BCUT2D eigenvalue weighted by atomic mass is 10.1. The number of carbonyl (C=O) groups excluding carboxylic acids is 1. The highest BCUT2D eigenvalue weighted by atomic mass is 16.5. The molecule has 1 amide bonds. The first-order chi connectivity index (χ1) is 10.8. The van der Waals surface area contributed by atoms with Crippen LogP contribution < -0.4 is 16.0 Å². The molecule has 0 radical (unpaired) electrons. The Labute approximate surface area is 132 Å². The summed E-state index contributed by atoms with van der Waals surface area (Å²) in [6.45, 7) is 2.03. The molecular formula is C16H26N4O2. The Hall–Kier alpha value is -2.08. The number of benzene rings is 1. The number of rotatable bonds is 9. The average molecular weight is 306 g/mol. The highest BCUT2D eigenvalue weighted by molar-refractivity contribution is 5.86. The summed E-state index contributed by atoms with van der Waals surface area (Å²) < 4.78 is 4.87. The number of nitrogens with one attached hydrogen (secondary N) is 3. The molecule has 1 aromatic rings. The van der Waals surface area contributed by atoms with Crippen LogP contribution in [0.2, 0.25) is 0 Å². The highest BCUT2D eigenvalue weighted by Crippen LogP contribution is 2.01. The van der Waals surface area contributed by atoms with Gasteiger partial charge in [-0.2, -0.15) is 0 Å². The van der Waals surface area contributed by atoms with Crippen LogP contribution in [-0.4, -0.2) is 52.3 Å². The van der Waals surface area contributed by atoms with Crippen LogP contribution in [0.15, 0.2) is 35.3 Å². The summed E-state index contributed by atoms with van der Waals surface area (Å²) in [6.07, 6.45) is 2.02. The lowest BCUT2D eigenvalue weighted by Crippen LogP contribution is -2.44. The van der Waals surface area contributed by atoms with E-state index in [9.17, 15) is 4.79 Å². The molecule has 0 heterocycles. The number of aliphatic imine (C=N–C) groups is 1. The van der Waals surface area contributed by atoms with Gasteiger partial charge in [0.15, 0.2) is 5.96 Å². The van der Waals surface area contributed by atoms with Gasteiger partial charge < -0.3 is 20.7 Å². The third kappa shape index (κ3) is 8.26. The summed E-state index contributed by atoms with van der Waals surface area (Å²) in [6, 6.07) is 10.4. The maximum atomic E-state index is 11.5. The summed E-state index contributed by atoms with van der Waals surface area (Å²) in [5.41, 5.74) is 1.32. The number of hydrogen-bond acceptors (Lipinski definition) is 3. The third-order valence-electron chi connectivity index (χ3n) is 3.05. The molecule has 3 N–H and O–H groups in total. The van der Waals surface area contributed by atoms with E-state index in [4.69, 9.17) is 4.74 Å². The summed E-state index contributed by atoms with van der Waals surface area (Å²) in [7, 11) is 3.29. The molecule has 22 heavy (non-hydrogen) atoms. The van der Waals surface area contributed by atoms with Crippen LogP contribution in [0.3, 0.4) is 0 Å². The molecule has 1 rings (SSSR count). The first kappa shape index (κ1) is 18.0. The molecule has 0 aliphatic rings. The minimum absolute atomic E-state index is 0.0794. The summed E-state index contributed by atoms with van der Waals surface area (Å²) in [5, 5.41) is 8.92. The van der Waals surface area contributed by atoms with E-state index in [1.54, 1.807) is 14.2 Å². The molecule has 0 saturated carbocycles. The number of amides is 1. The van der Waals surface area contributed by atoms with Crippen molar-refractivity contribution in [3.63, 3.8) is 0 Å². The maximum Gasteiger partial charge on any atom is 0.239 e. The topological polar surface area (TPSA) is 74.8 Å². The Kier molecular flexibility index (Phi) is 9.45. The van der Waals surface area contributed by atoms with Gasteiger partial charge in [-0.15, -0.1) is 0 Å². The van der Waals surface area contributed by atoms with Gasteiger partial charge in [0.1, 0.15) is 0 Å². The Bertz CT molecular complexity index is 449. The molecule has 122 valence electrons. The van der Waals surface area contributed by atoms with Crippen molar-refractivity contribution in [1.29, 1.82) is 0 Å². The molecular weight excluding hydrogens is 280 g/mol. The fraction of sp³-hybridized carbons (Fsp3) is 0.500. The summed E-state index contributed by atoms with van der Waals surface area (Å²) in [5.74, 6) is 0.555. The summed E-state index contributed by atoms with van der Waals surface area (Å²) in [4.78, 5) is 15.6. The lowest BCUT2D eigenvalue weighted by Gasteiger charge is -2.12. The Morgan fingerprint density at radius 1 is 1.14 bits per heavy atom. The van der Waals surface area contributed by atoms with Crippen molar-refractivity contribution in [2.75, 3.05) is 40.4 Å². The fourth-order valence-electron chi connectivity index (χ4n) is 1.88. The second kappa shape index (κ2) is 11.6. The largest absolute Gasteiger partial charge is 0.383 e. The normalized spacial score (nSPS) is 11.1. The zero-order valence-electron chi connectivity index (χ0n) is 13.4. The second-order valence-corrected chi connectivity index (χ2v) is 4.78. The fourth-order valence-corrected chi connectivity index (χ4v) is 1.88. The smallest absolute Gasteiger partial charge is 0.239 e. The van der Waals surface area contributed by atoms with E-state index >= 15 is 0 Å². The van der Waals surface area contributed by atoms with Crippen molar-refractivity contribution in [2.45, 2.75) is 12.8 Å². The molecule has 0 bridgehead atoms. The summed E-state index contributed by atoms with van der Waals surface area (Å²) >= 11 is 0. The van der Waals surface area contributed by atoms with Gasteiger partial charge in [-0.3, -0.25) is 9.79 Å². The Morgan fingerprint density at radius 3 is 2.59 bits per heavy atom. The van der Waals surface area contributed by atoms with Gasteiger partial charge in [0.05, 0.1) is 13.2 Å². The van der Waals surface area contributed by atoms with Crippen LogP contribution in [-0.2, 0) is 16.0 Å². The van der Waals surface area contributed by atoms with Crippen LogP contribution in [0.5, 0.6) is 0 Å². The molecule has 0 fully saturated rings. The van der Waals surface area contributed by atoms with Gasteiger partial charge in [-0.05, 0) is 18.4 Å².